The van der Waals surface area contributed by atoms with Crippen molar-refractivity contribution in [2.75, 3.05) is 0 Å². The fraction of sp³-hybridized carbons (Fsp3) is 0. The van der Waals surface area contributed by atoms with Crippen LogP contribution in [0.25, 0.3) is 0 Å². The van der Waals surface area contributed by atoms with E-state index in [2.05, 4.69) is 0 Å². The van der Waals surface area contributed by atoms with E-state index < -0.39 is 0 Å². The quantitative estimate of drug-likeness (QED) is 0.518. The van der Waals surface area contributed by atoms with Crippen molar-refractivity contribution in [1.82, 2.24) is 0 Å². The third-order valence-corrected chi connectivity index (χ3v) is 0. The molecule has 0 amide bonds. The van der Waals surface area contributed by atoms with Crippen LogP contribution in [0.5, 0.6) is 0 Å². The smallest absolute Gasteiger partial charge is 2.00 e. The fourth-order valence-corrected chi connectivity index (χ4v) is 0. The Morgan fingerprint density at radius 2 is 0.600 bits per heavy atom. The van der Waals surface area contributed by atoms with Gasteiger partial charge in [-0.1, -0.05) is 0 Å². The maximum Gasteiger partial charge on any atom is 4.00 e. The van der Waals surface area contributed by atoms with Crippen LogP contribution in [0.1, 0.15) is 0 Å². The van der Waals surface area contributed by atoms with E-state index in [0.717, 1.165) is 0 Å². The van der Waals surface area contributed by atoms with Crippen LogP contribution >= 0.6 is 0 Å². The molecule has 0 aromatic carbocycles. The van der Waals surface area contributed by atoms with Crippen LogP contribution in [0.2, 0.25) is 0 Å². The van der Waals surface area contributed by atoms with E-state index in [4.69, 9.17) is 0 Å². The van der Waals surface area contributed by atoms with Crippen LogP contribution in [-0.4, -0.2) is 27.3 Å². The summed E-state index contributed by atoms with van der Waals surface area (Å²) >= 11 is 0. The van der Waals surface area contributed by atoms with E-state index in [0.29, 0.717) is 0 Å². The molecule has 26 valence electrons. The molecule has 0 spiro atoms. The molecule has 0 aromatic heterocycles. The van der Waals surface area contributed by atoms with Gasteiger partial charge in [-0.15, -0.1) is 0 Å². The van der Waals surface area contributed by atoms with Gasteiger partial charge >= 0.3 is 53.5 Å². The minimum absolute atomic E-state index is 0. The molecule has 3 nitrogen and oxygen atoms in total. The molecule has 0 aromatic rings. The Hall–Kier alpha value is 1.69. The molecule has 0 rings (SSSR count). The summed E-state index contributed by atoms with van der Waals surface area (Å²) in [5.74, 6) is 0. The molecule has 0 saturated heterocycles. The Balaban J connectivity index is 0. The monoisotopic (exact) mass is 346 g/mol. The molecule has 0 N–H and O–H groups in total. The molecule has 0 bridgehead atoms. The zero-order valence-electron chi connectivity index (χ0n) is 2.22. The van der Waals surface area contributed by atoms with E-state index in [-0.39, 0.29) is 69.9 Å². The molecule has 0 aliphatic heterocycles. The molecule has 2 radical (unpaired) electrons. The van der Waals surface area contributed by atoms with Crippen molar-refractivity contribution in [2.45, 2.75) is 0 Å². The van der Waals surface area contributed by atoms with Gasteiger partial charge in [-0.3, -0.25) is 0 Å². The van der Waals surface area contributed by atoms with Crippen molar-refractivity contribution in [3.63, 3.8) is 0 Å². The molecular weight excluding hydrogens is 346 g/mol. The van der Waals surface area contributed by atoms with Crippen molar-refractivity contribution in [3.05, 3.63) is 0 Å². The van der Waals surface area contributed by atoms with Crippen molar-refractivity contribution in [3.8, 4) is 0 Å². The zero-order valence-corrected chi connectivity index (χ0v) is 8.57. The summed E-state index contributed by atoms with van der Waals surface area (Å²) in [6.07, 6.45) is 0. The summed E-state index contributed by atoms with van der Waals surface area (Å²) < 4.78 is 0. The van der Waals surface area contributed by atoms with E-state index in [9.17, 15) is 0 Å². The first-order valence-corrected chi connectivity index (χ1v) is 0. The predicted molar refractivity (Wildman–Crippen MR) is 7.81 cm³/mol. The van der Waals surface area contributed by atoms with Crippen LogP contribution in [0, 0.1) is 0 Å². The molecule has 0 fully saturated rings. The Morgan fingerprint density at radius 1 is 0.600 bits per heavy atom. The van der Waals surface area contributed by atoms with E-state index >= 15 is 0 Å². The molecule has 5 heteroatoms. The van der Waals surface area contributed by atoms with E-state index in [1.54, 1.807) is 0 Å². The van der Waals surface area contributed by atoms with E-state index in [1.165, 1.54) is 0 Å². The topological polar surface area (TPSA) is 85.5 Å². The molecule has 0 aliphatic rings. The van der Waals surface area contributed by atoms with Gasteiger partial charge in [0.25, 0.3) is 0 Å². The minimum Gasteiger partial charge on any atom is -2.00 e. The Morgan fingerprint density at radius 3 is 0.600 bits per heavy atom. The molecule has 5 heavy (non-hydrogen) atoms. The summed E-state index contributed by atoms with van der Waals surface area (Å²) in [6, 6.07) is 0. The van der Waals surface area contributed by atoms with Crippen LogP contribution in [0.3, 0.4) is 0 Å². The Labute approximate surface area is 69.3 Å². The third-order valence-electron chi connectivity index (χ3n) is 0. The number of hydrogen-bond donors (Lipinski definition) is 0. The van der Waals surface area contributed by atoms with Crippen LogP contribution in [0.4, 0.5) is 0 Å². The van der Waals surface area contributed by atoms with Gasteiger partial charge in [0, 0.05) is 0 Å². The van der Waals surface area contributed by atoms with Crippen LogP contribution < -0.4 is 0 Å². The SMILES string of the molecule is [O-2].[O-2].[O-2].[Pb+2].[Zr+4]. The first-order valence-electron chi connectivity index (χ1n) is 0. The van der Waals surface area contributed by atoms with Gasteiger partial charge in [0.15, 0.2) is 0 Å². The largest absolute Gasteiger partial charge is 4.00 e. The molecule has 0 heterocycles. The van der Waals surface area contributed by atoms with Gasteiger partial charge in [0.2, 0.25) is 0 Å². The predicted octanol–water partition coefficient (Wildman–Crippen LogP) is -0.740. The fourth-order valence-electron chi connectivity index (χ4n) is 0. The first-order chi connectivity index (χ1) is 0. The summed E-state index contributed by atoms with van der Waals surface area (Å²) in [4.78, 5) is 0. The average Bonchev–Trinajstić information content (AvgIpc) is 0. The number of hydrogen-bond acceptors (Lipinski definition) is 0. The molecule has 0 saturated carbocycles. The number of rotatable bonds is 0. The normalized spacial score (nSPS) is 0. The van der Waals surface area contributed by atoms with Crippen molar-refractivity contribution >= 4 is 27.3 Å². The van der Waals surface area contributed by atoms with Gasteiger partial charge < -0.3 is 16.4 Å². The summed E-state index contributed by atoms with van der Waals surface area (Å²) in [5.41, 5.74) is 0. The van der Waals surface area contributed by atoms with Crippen LogP contribution in [0.15, 0.2) is 0 Å². The standard InChI is InChI=1S/3O.Pb.Zr/q3*-2;+2;+4. The minimum atomic E-state index is 0. The maximum atomic E-state index is 0. The van der Waals surface area contributed by atoms with Crippen molar-refractivity contribution in [2.24, 2.45) is 0 Å². The molecular formula is O3PbZr. The van der Waals surface area contributed by atoms with Gasteiger partial charge in [-0.2, -0.15) is 0 Å². The second-order valence-corrected chi connectivity index (χ2v) is 0. The summed E-state index contributed by atoms with van der Waals surface area (Å²) in [6.45, 7) is 0. The third kappa shape index (κ3) is 27.2. The van der Waals surface area contributed by atoms with Gasteiger partial charge in [0.1, 0.15) is 0 Å². The molecule has 0 atom stereocenters. The average molecular weight is 346 g/mol. The molecule has 0 aliphatic carbocycles. The van der Waals surface area contributed by atoms with Crippen molar-refractivity contribution < 1.29 is 42.6 Å². The van der Waals surface area contributed by atoms with Crippen LogP contribution in [-0.2, 0) is 42.6 Å². The second kappa shape index (κ2) is 43.9. The second-order valence-electron chi connectivity index (χ2n) is 0. The van der Waals surface area contributed by atoms with Gasteiger partial charge in [-0.25, -0.2) is 0 Å². The molecule has 0 unspecified atom stereocenters. The zero-order chi connectivity index (χ0) is 0. The Kier molecular flexibility index (Phi) is 669. The van der Waals surface area contributed by atoms with E-state index in [1.807, 2.05) is 0 Å². The van der Waals surface area contributed by atoms with Gasteiger partial charge in [-0.05, 0) is 0 Å². The van der Waals surface area contributed by atoms with Gasteiger partial charge in [0.05, 0.1) is 0 Å². The summed E-state index contributed by atoms with van der Waals surface area (Å²) in [5, 5.41) is 0. The summed E-state index contributed by atoms with van der Waals surface area (Å²) in [7, 11) is 0. The van der Waals surface area contributed by atoms with Crippen molar-refractivity contribution in [1.29, 1.82) is 0 Å². The maximum absolute atomic E-state index is 0. The Bertz CT molecular complexity index is 6.85. The first kappa shape index (κ1) is 76.1.